The summed E-state index contributed by atoms with van der Waals surface area (Å²) < 4.78 is 23.6. The average Bonchev–Trinajstić information content (AvgIpc) is 2.85. The summed E-state index contributed by atoms with van der Waals surface area (Å²) in [6.07, 6.45) is 3.11. The van der Waals surface area contributed by atoms with Gasteiger partial charge >= 0.3 is 140 Å². The first-order chi connectivity index (χ1) is 10.8. The van der Waals surface area contributed by atoms with Crippen molar-refractivity contribution in [1.82, 2.24) is 4.57 Å². The fraction of sp³-hybridized carbons (Fsp3) is 0.389. The number of ether oxygens (including phenoxy) is 1. The van der Waals surface area contributed by atoms with Crippen LogP contribution in [0.5, 0.6) is 0 Å². The number of fused-ring (bicyclic) bond motifs is 5. The molecule has 0 bridgehead atoms. The number of nitrogens with zero attached hydrogens (tertiary/aromatic N) is 2. The number of rotatable bonds is 1. The molecule has 3 heterocycles. The Hall–Kier alpha value is -1.14. The van der Waals surface area contributed by atoms with Crippen LogP contribution in [0, 0.1) is 5.82 Å². The van der Waals surface area contributed by atoms with Crippen LogP contribution in [0.3, 0.4) is 0 Å². The van der Waals surface area contributed by atoms with E-state index < -0.39 is 24.0 Å². The summed E-state index contributed by atoms with van der Waals surface area (Å²) in [6.45, 7) is 2.54. The van der Waals surface area contributed by atoms with Gasteiger partial charge in [0.15, 0.2) is 0 Å². The van der Waals surface area contributed by atoms with Gasteiger partial charge in [-0.2, -0.15) is 0 Å². The standard InChI is InChI=1S/C15H12FN2O.3CH3.Sn/c1-15-6-3-7-17-14(15)13-8-10-11(16)4-2-5-12(10)18(13)9-19-15;;;;/h2-5,8H,6,9H2,1H3;3*1H3;. The Morgan fingerprint density at radius 2 is 2.09 bits per heavy atom. The van der Waals surface area contributed by atoms with E-state index in [1.165, 1.54) is 9.78 Å². The Kier molecular flexibility index (Phi) is 3.30. The van der Waals surface area contributed by atoms with E-state index in [0.29, 0.717) is 12.1 Å². The van der Waals surface area contributed by atoms with E-state index in [9.17, 15) is 4.39 Å². The van der Waals surface area contributed by atoms with Crippen LogP contribution in [0.15, 0.2) is 39.0 Å². The summed E-state index contributed by atoms with van der Waals surface area (Å²) in [4.78, 5) is 12.1. The first kappa shape index (κ1) is 15.4. The maximum absolute atomic E-state index is 14.2. The molecule has 120 valence electrons. The molecule has 0 N–H and O–H groups in total. The van der Waals surface area contributed by atoms with Crippen molar-refractivity contribution in [2.75, 3.05) is 0 Å². The third-order valence-corrected chi connectivity index (χ3v) is 10.1. The van der Waals surface area contributed by atoms with Gasteiger partial charge in [-0.1, -0.05) is 0 Å². The molecule has 0 fully saturated rings. The number of halogens is 1. The van der Waals surface area contributed by atoms with Gasteiger partial charge < -0.3 is 0 Å². The van der Waals surface area contributed by atoms with E-state index in [0.717, 1.165) is 23.3 Å². The van der Waals surface area contributed by atoms with Gasteiger partial charge in [0.25, 0.3) is 0 Å². The van der Waals surface area contributed by atoms with Gasteiger partial charge in [-0.15, -0.1) is 0 Å². The Bertz CT molecular complexity index is 875. The molecule has 1 aromatic carbocycles. The molecular weight excluding hydrogens is 398 g/mol. The van der Waals surface area contributed by atoms with Crippen molar-refractivity contribution >= 4 is 35.0 Å². The molecule has 2 aliphatic rings. The third-order valence-electron chi connectivity index (χ3n) is 4.83. The van der Waals surface area contributed by atoms with Crippen LogP contribution in [0.1, 0.15) is 19.0 Å². The number of aliphatic imine (C=N–C) groups is 1. The Morgan fingerprint density at radius 1 is 1.30 bits per heavy atom. The van der Waals surface area contributed by atoms with Crippen LogP contribution in [0.2, 0.25) is 14.8 Å². The molecule has 5 heteroatoms. The number of benzene rings is 1. The summed E-state index contributed by atoms with van der Waals surface area (Å²) >= 11 is -2.26. The van der Waals surface area contributed by atoms with Gasteiger partial charge in [-0.05, 0) is 0 Å². The van der Waals surface area contributed by atoms with Crippen LogP contribution in [-0.2, 0) is 11.5 Å². The summed E-state index contributed by atoms with van der Waals surface area (Å²) in [6, 6.07) is 7.13. The van der Waals surface area contributed by atoms with Crippen molar-refractivity contribution < 1.29 is 9.13 Å². The van der Waals surface area contributed by atoms with Crippen molar-refractivity contribution in [3.8, 4) is 0 Å². The van der Waals surface area contributed by atoms with Crippen molar-refractivity contribution in [1.29, 1.82) is 0 Å². The van der Waals surface area contributed by atoms with Gasteiger partial charge in [-0.3, -0.25) is 0 Å². The number of aromatic nitrogens is 1. The Labute approximate surface area is 139 Å². The maximum atomic E-state index is 14.2. The summed E-state index contributed by atoms with van der Waals surface area (Å²) in [5.74, 6) is -0.187. The molecule has 0 aliphatic carbocycles. The van der Waals surface area contributed by atoms with Crippen LogP contribution in [0.25, 0.3) is 10.9 Å². The zero-order valence-electron chi connectivity index (χ0n) is 14.0. The molecule has 2 aliphatic heterocycles. The summed E-state index contributed by atoms with van der Waals surface area (Å²) in [5, 5.41) is 0.647. The first-order valence-corrected chi connectivity index (χ1v) is 18.0. The van der Waals surface area contributed by atoms with Crippen LogP contribution in [0.4, 0.5) is 4.39 Å². The van der Waals surface area contributed by atoms with E-state index in [1.807, 2.05) is 16.7 Å². The molecule has 2 aromatic rings. The molecule has 4 rings (SSSR count). The van der Waals surface area contributed by atoms with E-state index in [2.05, 4.69) is 27.8 Å². The SMILES string of the molecule is CC12CC=[C]([Sn]([CH3])([CH3])[CH3])N=C1c1cc3c(F)cccc3n1CO2. The monoisotopic (exact) mass is 420 g/mol. The summed E-state index contributed by atoms with van der Waals surface area (Å²) in [7, 11) is 0. The van der Waals surface area contributed by atoms with Crippen LogP contribution >= 0.6 is 0 Å². The van der Waals surface area contributed by atoms with Crippen molar-refractivity contribution in [3.63, 3.8) is 0 Å². The molecule has 3 nitrogen and oxygen atoms in total. The van der Waals surface area contributed by atoms with Gasteiger partial charge in [-0.25, -0.2) is 0 Å². The van der Waals surface area contributed by atoms with Crippen molar-refractivity contribution in [3.05, 3.63) is 45.6 Å². The molecule has 0 spiro atoms. The Morgan fingerprint density at radius 3 is 2.83 bits per heavy atom. The quantitative estimate of drug-likeness (QED) is 0.627. The average molecular weight is 419 g/mol. The minimum atomic E-state index is -2.26. The second-order valence-corrected chi connectivity index (χ2v) is 21.9. The predicted molar refractivity (Wildman–Crippen MR) is 94.0 cm³/mol. The Balaban J connectivity index is 1.96. The summed E-state index contributed by atoms with van der Waals surface area (Å²) in [5.41, 5.74) is 2.44. The van der Waals surface area contributed by atoms with Crippen LogP contribution in [-0.4, -0.2) is 34.3 Å². The van der Waals surface area contributed by atoms with Crippen molar-refractivity contribution in [2.24, 2.45) is 4.99 Å². The zero-order valence-corrected chi connectivity index (χ0v) is 16.8. The van der Waals surface area contributed by atoms with E-state index in [1.54, 1.807) is 6.07 Å². The fourth-order valence-corrected chi connectivity index (χ4v) is 6.71. The third kappa shape index (κ3) is 2.29. The number of hydrogen-bond donors (Lipinski definition) is 0. The van der Waals surface area contributed by atoms with E-state index in [4.69, 9.17) is 9.73 Å². The van der Waals surface area contributed by atoms with Crippen LogP contribution < -0.4 is 0 Å². The van der Waals surface area contributed by atoms with E-state index in [-0.39, 0.29) is 5.82 Å². The normalized spacial score (nSPS) is 24.0. The number of hydrogen-bond acceptors (Lipinski definition) is 2. The molecule has 1 atom stereocenters. The minimum absolute atomic E-state index is 0.187. The van der Waals surface area contributed by atoms with Gasteiger partial charge in [0.05, 0.1) is 0 Å². The molecule has 0 saturated heterocycles. The fourth-order valence-electron chi connectivity index (χ4n) is 3.39. The van der Waals surface area contributed by atoms with Gasteiger partial charge in [0, 0.05) is 0 Å². The molecule has 1 unspecified atom stereocenters. The molecule has 23 heavy (non-hydrogen) atoms. The predicted octanol–water partition coefficient (Wildman–Crippen LogP) is 4.48. The van der Waals surface area contributed by atoms with E-state index >= 15 is 0 Å². The molecular formula is C18H21FN2OSn. The zero-order chi connectivity index (χ0) is 16.4. The second-order valence-electron chi connectivity index (χ2n) is 7.64. The van der Waals surface area contributed by atoms with Gasteiger partial charge in [0.2, 0.25) is 0 Å². The second kappa shape index (κ2) is 4.93. The van der Waals surface area contributed by atoms with Gasteiger partial charge in [0.1, 0.15) is 0 Å². The molecule has 0 radical (unpaired) electrons. The van der Waals surface area contributed by atoms with Crippen molar-refractivity contribution in [2.45, 2.75) is 40.5 Å². The topological polar surface area (TPSA) is 26.5 Å². The molecule has 0 amide bonds. The molecule has 0 saturated carbocycles. The first-order valence-electron chi connectivity index (χ1n) is 8.01. The molecule has 1 aromatic heterocycles.